The minimum absolute atomic E-state index is 0.298. The van der Waals surface area contributed by atoms with E-state index >= 15 is 0 Å². The zero-order valence-electron chi connectivity index (χ0n) is 14.2. The number of nitrogens with zero attached hydrogens (tertiary/aromatic N) is 1. The maximum atomic E-state index is 10.6. The number of hydrogen-bond donors (Lipinski definition) is 2. The van der Waals surface area contributed by atoms with E-state index in [9.17, 15) is 5.11 Å². The quantitative estimate of drug-likeness (QED) is 0.518. The Labute approximate surface area is 155 Å². The van der Waals surface area contributed by atoms with Crippen molar-refractivity contribution in [3.8, 4) is 16.9 Å². The lowest BCUT2D eigenvalue weighted by Gasteiger charge is -2.15. The molecule has 5 rings (SSSR count). The van der Waals surface area contributed by atoms with Crippen molar-refractivity contribution < 1.29 is 5.11 Å². The average Bonchev–Trinajstić information content (AvgIpc) is 3.18. The van der Waals surface area contributed by atoms with E-state index in [1.54, 1.807) is 17.4 Å². The summed E-state index contributed by atoms with van der Waals surface area (Å²) in [7, 11) is 0. The molecule has 2 aromatic heterocycles. The number of nitrogens with one attached hydrogen (secondary N) is 1. The second-order valence-electron chi connectivity index (χ2n) is 6.57. The van der Waals surface area contributed by atoms with E-state index in [1.165, 1.54) is 11.1 Å². The molecule has 26 heavy (non-hydrogen) atoms. The molecule has 0 fully saturated rings. The molecule has 1 aliphatic heterocycles. The van der Waals surface area contributed by atoms with Crippen molar-refractivity contribution in [1.29, 1.82) is 0 Å². The fourth-order valence-electron chi connectivity index (χ4n) is 3.74. The molecule has 0 bridgehead atoms. The highest BCUT2D eigenvalue weighted by Gasteiger charge is 2.14. The van der Waals surface area contributed by atoms with E-state index < -0.39 is 0 Å². The highest BCUT2D eigenvalue weighted by atomic mass is 32.1. The summed E-state index contributed by atoms with van der Waals surface area (Å²) in [6.07, 6.45) is 5.22. The molecule has 3 nitrogen and oxygen atoms in total. The first-order valence-corrected chi connectivity index (χ1v) is 9.68. The first-order chi connectivity index (χ1) is 12.8. The molecule has 128 valence electrons. The molecule has 3 heterocycles. The van der Waals surface area contributed by atoms with Gasteiger partial charge in [0.1, 0.15) is 5.75 Å². The smallest absolute Gasteiger partial charge is 0.124 e. The average molecular weight is 358 g/mol. The van der Waals surface area contributed by atoms with Gasteiger partial charge in [-0.15, -0.1) is 11.3 Å². The van der Waals surface area contributed by atoms with Gasteiger partial charge in [0.15, 0.2) is 0 Å². The lowest BCUT2D eigenvalue weighted by Crippen LogP contribution is -2.19. The van der Waals surface area contributed by atoms with E-state index in [1.807, 2.05) is 12.3 Å². The van der Waals surface area contributed by atoms with Gasteiger partial charge in [0.25, 0.3) is 0 Å². The molecule has 0 spiro atoms. The van der Waals surface area contributed by atoms with Crippen LogP contribution < -0.4 is 5.32 Å². The molecular formula is C22H18N2OS. The van der Waals surface area contributed by atoms with Gasteiger partial charge in [-0.25, -0.2) is 0 Å². The third kappa shape index (κ3) is 2.50. The van der Waals surface area contributed by atoms with Gasteiger partial charge in [-0.05, 0) is 53.2 Å². The monoisotopic (exact) mass is 358 g/mol. The number of pyridine rings is 1. The van der Waals surface area contributed by atoms with Crippen LogP contribution in [0.15, 0.2) is 60.1 Å². The van der Waals surface area contributed by atoms with Crippen molar-refractivity contribution in [2.75, 3.05) is 13.1 Å². The van der Waals surface area contributed by atoms with Crippen LogP contribution in [-0.2, 0) is 0 Å². The van der Waals surface area contributed by atoms with Gasteiger partial charge in [0, 0.05) is 29.1 Å². The number of aromatic hydroxyl groups is 1. The van der Waals surface area contributed by atoms with Crippen LogP contribution >= 0.6 is 11.3 Å². The van der Waals surface area contributed by atoms with Crippen LogP contribution in [0.3, 0.4) is 0 Å². The molecular weight excluding hydrogens is 340 g/mol. The fraction of sp³-hybridized carbons (Fsp3) is 0.136. The number of fused-ring (bicyclic) bond motifs is 3. The zero-order valence-corrected chi connectivity index (χ0v) is 15.0. The summed E-state index contributed by atoms with van der Waals surface area (Å²) in [5.41, 5.74) is 5.44. The summed E-state index contributed by atoms with van der Waals surface area (Å²) in [6, 6.07) is 14.3. The lowest BCUT2D eigenvalue weighted by molar-refractivity contribution is 0.478. The van der Waals surface area contributed by atoms with Gasteiger partial charge in [-0.1, -0.05) is 30.3 Å². The molecule has 0 unspecified atom stereocenters. The highest BCUT2D eigenvalue weighted by Crippen LogP contribution is 2.40. The predicted octanol–water partition coefficient (Wildman–Crippen LogP) is 5.20. The van der Waals surface area contributed by atoms with Crippen molar-refractivity contribution in [3.63, 3.8) is 0 Å². The first kappa shape index (κ1) is 15.6. The van der Waals surface area contributed by atoms with E-state index in [0.717, 1.165) is 51.6 Å². The van der Waals surface area contributed by atoms with Gasteiger partial charge < -0.3 is 10.4 Å². The topological polar surface area (TPSA) is 45.2 Å². The number of thiophene rings is 1. The van der Waals surface area contributed by atoms with Crippen LogP contribution in [0.5, 0.6) is 5.75 Å². The van der Waals surface area contributed by atoms with Crippen molar-refractivity contribution in [3.05, 3.63) is 65.7 Å². The second kappa shape index (κ2) is 6.24. The number of rotatable bonds is 2. The normalized spacial score (nSPS) is 14.7. The first-order valence-electron chi connectivity index (χ1n) is 8.80. The molecule has 1 aliphatic rings. The molecule has 0 saturated heterocycles. The summed E-state index contributed by atoms with van der Waals surface area (Å²) in [5.74, 6) is 0.298. The Kier molecular flexibility index (Phi) is 3.73. The van der Waals surface area contributed by atoms with E-state index in [-0.39, 0.29) is 0 Å². The van der Waals surface area contributed by atoms with Gasteiger partial charge in [0.05, 0.1) is 10.2 Å². The third-order valence-corrected chi connectivity index (χ3v) is 5.91. The van der Waals surface area contributed by atoms with E-state index in [0.29, 0.717) is 5.75 Å². The standard InChI is InChI=1S/C22H18N2OS/c25-19-6-5-18-22(17-9-12-26-20(17)13-24-18)21(19)16-3-1-14(2-4-16)15-7-10-23-11-8-15/h1-7,9,12-13,23,25H,8,10-11H2. The maximum absolute atomic E-state index is 10.6. The summed E-state index contributed by atoms with van der Waals surface area (Å²) in [6.45, 7) is 1.96. The van der Waals surface area contributed by atoms with Crippen molar-refractivity contribution >= 4 is 37.9 Å². The van der Waals surface area contributed by atoms with Gasteiger partial charge >= 0.3 is 0 Å². The van der Waals surface area contributed by atoms with Crippen LogP contribution in [0.1, 0.15) is 12.0 Å². The number of hydrogen-bond acceptors (Lipinski definition) is 4. The number of aromatic nitrogens is 1. The molecule has 0 radical (unpaired) electrons. The van der Waals surface area contributed by atoms with Gasteiger partial charge in [-0.3, -0.25) is 4.98 Å². The minimum atomic E-state index is 0.298. The van der Waals surface area contributed by atoms with Crippen molar-refractivity contribution in [2.24, 2.45) is 0 Å². The number of benzene rings is 2. The largest absolute Gasteiger partial charge is 0.507 e. The maximum Gasteiger partial charge on any atom is 0.124 e. The molecule has 0 amide bonds. The molecule has 0 aliphatic carbocycles. The Morgan fingerprint density at radius 1 is 1.00 bits per heavy atom. The lowest BCUT2D eigenvalue weighted by atomic mass is 9.94. The Morgan fingerprint density at radius 3 is 2.65 bits per heavy atom. The van der Waals surface area contributed by atoms with Gasteiger partial charge in [0.2, 0.25) is 0 Å². The van der Waals surface area contributed by atoms with Crippen LogP contribution in [0.4, 0.5) is 0 Å². The fourth-order valence-corrected chi connectivity index (χ4v) is 4.51. The summed E-state index contributed by atoms with van der Waals surface area (Å²) in [4.78, 5) is 4.58. The highest BCUT2D eigenvalue weighted by molar-refractivity contribution is 7.17. The van der Waals surface area contributed by atoms with Crippen molar-refractivity contribution in [1.82, 2.24) is 10.3 Å². The summed E-state index contributed by atoms with van der Waals surface area (Å²) in [5, 5.41) is 18.2. The Morgan fingerprint density at radius 2 is 1.85 bits per heavy atom. The molecule has 2 aromatic carbocycles. The molecule has 0 saturated carbocycles. The number of phenolic OH excluding ortho intramolecular Hbond substituents is 1. The Balaban J connectivity index is 1.70. The Hall–Kier alpha value is -2.69. The third-order valence-electron chi connectivity index (χ3n) is 5.06. The van der Waals surface area contributed by atoms with Crippen LogP contribution in [0.25, 0.3) is 37.7 Å². The molecule has 2 N–H and O–H groups in total. The summed E-state index contributed by atoms with van der Waals surface area (Å²) >= 11 is 1.68. The number of phenols is 1. The zero-order chi connectivity index (χ0) is 17.5. The van der Waals surface area contributed by atoms with Crippen LogP contribution in [0, 0.1) is 0 Å². The SMILES string of the molecule is Oc1ccc2ncc3sccc3c2c1-c1ccc(C2=CCNCC2)cc1. The van der Waals surface area contributed by atoms with Crippen LogP contribution in [0.2, 0.25) is 0 Å². The van der Waals surface area contributed by atoms with E-state index in [2.05, 4.69) is 52.1 Å². The molecule has 4 heteroatoms. The van der Waals surface area contributed by atoms with Crippen molar-refractivity contribution in [2.45, 2.75) is 6.42 Å². The molecule has 4 aromatic rings. The predicted molar refractivity (Wildman–Crippen MR) is 110 cm³/mol. The summed E-state index contributed by atoms with van der Waals surface area (Å²) < 4.78 is 1.14. The second-order valence-corrected chi connectivity index (χ2v) is 7.52. The van der Waals surface area contributed by atoms with E-state index in [4.69, 9.17) is 0 Å². The van der Waals surface area contributed by atoms with Gasteiger partial charge in [-0.2, -0.15) is 0 Å². The van der Waals surface area contributed by atoms with Crippen LogP contribution in [-0.4, -0.2) is 23.2 Å². The minimum Gasteiger partial charge on any atom is -0.507 e. The molecule has 0 atom stereocenters. The Bertz CT molecular complexity index is 1140.